The number of ketones is 1. The van der Waals surface area contributed by atoms with E-state index in [1.54, 1.807) is 24.3 Å². The first-order chi connectivity index (χ1) is 9.63. The van der Waals surface area contributed by atoms with E-state index in [0.29, 0.717) is 21.9 Å². The third-order valence-corrected chi connectivity index (χ3v) is 3.35. The molecule has 0 atom stereocenters. The van der Waals surface area contributed by atoms with Gasteiger partial charge in [-0.05, 0) is 42.0 Å². The number of fused-ring (bicyclic) bond motifs is 1. The normalized spacial score (nSPS) is 15.8. The molecule has 0 saturated carbocycles. The first-order valence-electron chi connectivity index (χ1n) is 6.10. The van der Waals surface area contributed by atoms with Crippen LogP contribution in [0.2, 0.25) is 5.02 Å². The van der Waals surface area contributed by atoms with Crippen molar-refractivity contribution < 1.29 is 14.6 Å². The molecule has 1 N–H and O–H groups in total. The smallest absolute Gasteiger partial charge is 0.196 e. The lowest BCUT2D eigenvalue weighted by Crippen LogP contribution is -2.18. The first-order valence-corrected chi connectivity index (χ1v) is 6.48. The minimum Gasteiger partial charge on any atom is -0.508 e. The summed E-state index contributed by atoms with van der Waals surface area (Å²) in [5, 5.41) is 10.1. The standard InChI is InChI=1S/C16H11ClO3/c17-12-3-1-10(2-4-12)7-11-9-20-15-6-5-13(18)8-14(15)16(11)19/h1-8,18H,9H2/b11-7+. The molecule has 2 aromatic rings. The summed E-state index contributed by atoms with van der Waals surface area (Å²) in [4.78, 5) is 12.4. The van der Waals surface area contributed by atoms with E-state index in [0.717, 1.165) is 5.56 Å². The molecule has 2 aromatic carbocycles. The van der Waals surface area contributed by atoms with Crippen LogP contribution >= 0.6 is 11.6 Å². The number of carbonyl (C=O) groups excluding carboxylic acids is 1. The van der Waals surface area contributed by atoms with Gasteiger partial charge in [-0.15, -0.1) is 0 Å². The average Bonchev–Trinajstić information content (AvgIpc) is 2.45. The lowest BCUT2D eigenvalue weighted by Gasteiger charge is -2.18. The lowest BCUT2D eigenvalue weighted by molar-refractivity contribution is 0.100. The Labute approximate surface area is 121 Å². The van der Waals surface area contributed by atoms with Gasteiger partial charge in [-0.2, -0.15) is 0 Å². The van der Waals surface area contributed by atoms with Crippen LogP contribution in [0.1, 0.15) is 15.9 Å². The van der Waals surface area contributed by atoms with Crippen LogP contribution in [0.15, 0.2) is 48.0 Å². The monoisotopic (exact) mass is 286 g/mol. The van der Waals surface area contributed by atoms with Gasteiger partial charge in [-0.1, -0.05) is 23.7 Å². The van der Waals surface area contributed by atoms with E-state index in [1.807, 2.05) is 12.1 Å². The summed E-state index contributed by atoms with van der Waals surface area (Å²) >= 11 is 5.83. The maximum absolute atomic E-state index is 12.4. The third kappa shape index (κ3) is 2.40. The number of Topliss-reactive ketones (excluding diaryl/α,β-unsaturated/α-hetero) is 1. The van der Waals surface area contributed by atoms with Gasteiger partial charge in [0.05, 0.1) is 5.56 Å². The van der Waals surface area contributed by atoms with Crippen molar-refractivity contribution in [2.75, 3.05) is 6.61 Å². The van der Waals surface area contributed by atoms with Crippen LogP contribution < -0.4 is 4.74 Å². The SMILES string of the molecule is O=C1/C(=C/c2ccc(Cl)cc2)COc2ccc(O)cc21. The molecule has 1 aliphatic rings. The predicted octanol–water partition coefficient (Wildman–Crippen LogP) is 3.70. The van der Waals surface area contributed by atoms with Gasteiger partial charge in [-0.25, -0.2) is 0 Å². The van der Waals surface area contributed by atoms with Crippen molar-refractivity contribution in [2.45, 2.75) is 0 Å². The second-order valence-electron chi connectivity index (χ2n) is 4.52. The maximum atomic E-state index is 12.4. The highest BCUT2D eigenvalue weighted by Crippen LogP contribution is 2.30. The van der Waals surface area contributed by atoms with Crippen molar-refractivity contribution in [3.8, 4) is 11.5 Å². The highest BCUT2D eigenvalue weighted by atomic mass is 35.5. The van der Waals surface area contributed by atoms with Gasteiger partial charge in [0.1, 0.15) is 18.1 Å². The predicted molar refractivity (Wildman–Crippen MR) is 77.4 cm³/mol. The molecule has 0 unspecified atom stereocenters. The van der Waals surface area contributed by atoms with Crippen molar-refractivity contribution in [3.05, 3.63) is 64.2 Å². The van der Waals surface area contributed by atoms with Crippen LogP contribution in [-0.4, -0.2) is 17.5 Å². The zero-order valence-corrected chi connectivity index (χ0v) is 11.2. The second kappa shape index (κ2) is 5.02. The van der Waals surface area contributed by atoms with Gasteiger partial charge >= 0.3 is 0 Å². The third-order valence-electron chi connectivity index (χ3n) is 3.09. The minimum absolute atomic E-state index is 0.0495. The quantitative estimate of drug-likeness (QED) is 0.813. The van der Waals surface area contributed by atoms with E-state index < -0.39 is 0 Å². The molecule has 100 valence electrons. The van der Waals surface area contributed by atoms with Gasteiger partial charge in [0.15, 0.2) is 5.78 Å². The average molecular weight is 287 g/mol. The van der Waals surface area contributed by atoms with Gasteiger partial charge in [0.2, 0.25) is 0 Å². The van der Waals surface area contributed by atoms with Crippen LogP contribution in [0.3, 0.4) is 0 Å². The van der Waals surface area contributed by atoms with Crippen LogP contribution in [-0.2, 0) is 0 Å². The Morgan fingerprint density at radius 1 is 1.15 bits per heavy atom. The summed E-state index contributed by atoms with van der Waals surface area (Å²) in [7, 11) is 0. The van der Waals surface area contributed by atoms with Gasteiger partial charge in [0, 0.05) is 10.6 Å². The zero-order valence-electron chi connectivity index (χ0n) is 10.5. The number of carbonyl (C=O) groups is 1. The second-order valence-corrected chi connectivity index (χ2v) is 4.96. The molecule has 0 bridgehead atoms. The molecule has 0 radical (unpaired) electrons. The van der Waals surface area contributed by atoms with E-state index in [-0.39, 0.29) is 18.1 Å². The molecule has 1 heterocycles. The lowest BCUT2D eigenvalue weighted by atomic mass is 9.98. The first kappa shape index (κ1) is 12.8. The Kier molecular flexibility index (Phi) is 3.20. The molecule has 0 aromatic heterocycles. The molecule has 0 amide bonds. The number of benzene rings is 2. The highest BCUT2D eigenvalue weighted by molar-refractivity contribution is 6.30. The van der Waals surface area contributed by atoms with Crippen LogP contribution in [0.25, 0.3) is 6.08 Å². The number of ether oxygens (including phenoxy) is 1. The molecule has 20 heavy (non-hydrogen) atoms. The Morgan fingerprint density at radius 3 is 2.65 bits per heavy atom. The van der Waals surface area contributed by atoms with Crippen LogP contribution in [0.5, 0.6) is 11.5 Å². The van der Waals surface area contributed by atoms with E-state index in [1.165, 1.54) is 12.1 Å². The molecular formula is C16H11ClO3. The summed E-state index contributed by atoms with van der Waals surface area (Å²) in [5.74, 6) is 0.423. The number of rotatable bonds is 1. The molecule has 0 saturated heterocycles. The summed E-state index contributed by atoms with van der Waals surface area (Å²) in [6.45, 7) is 0.221. The molecular weight excluding hydrogens is 276 g/mol. The van der Waals surface area contributed by atoms with Gasteiger partial charge in [0.25, 0.3) is 0 Å². The summed E-state index contributed by atoms with van der Waals surface area (Å²) < 4.78 is 5.53. The molecule has 4 heteroatoms. The van der Waals surface area contributed by atoms with Crippen molar-refractivity contribution >= 4 is 23.5 Å². The van der Waals surface area contributed by atoms with E-state index >= 15 is 0 Å². The Balaban J connectivity index is 1.97. The molecule has 1 aliphatic heterocycles. The number of aromatic hydroxyl groups is 1. The number of halogens is 1. The number of phenols is 1. The highest BCUT2D eigenvalue weighted by Gasteiger charge is 2.23. The number of hydrogen-bond acceptors (Lipinski definition) is 3. The topological polar surface area (TPSA) is 46.5 Å². The van der Waals surface area contributed by atoms with Crippen LogP contribution in [0, 0.1) is 0 Å². The Bertz CT molecular complexity index is 702. The fraction of sp³-hybridized carbons (Fsp3) is 0.0625. The summed E-state index contributed by atoms with van der Waals surface area (Å²) in [5.41, 5.74) is 1.81. The fourth-order valence-electron chi connectivity index (χ4n) is 2.08. The van der Waals surface area contributed by atoms with Crippen molar-refractivity contribution in [3.63, 3.8) is 0 Å². The fourth-order valence-corrected chi connectivity index (χ4v) is 2.21. The Hall–Kier alpha value is -2.26. The van der Waals surface area contributed by atoms with Crippen LogP contribution in [0.4, 0.5) is 0 Å². The maximum Gasteiger partial charge on any atom is 0.196 e. The largest absolute Gasteiger partial charge is 0.508 e. The van der Waals surface area contributed by atoms with Crippen molar-refractivity contribution in [1.29, 1.82) is 0 Å². The van der Waals surface area contributed by atoms with E-state index in [4.69, 9.17) is 16.3 Å². The molecule has 3 rings (SSSR count). The minimum atomic E-state index is -0.128. The number of phenolic OH excluding ortho intramolecular Hbond substituents is 1. The zero-order chi connectivity index (χ0) is 14.1. The molecule has 0 aliphatic carbocycles. The van der Waals surface area contributed by atoms with Gasteiger partial charge in [-0.3, -0.25) is 4.79 Å². The van der Waals surface area contributed by atoms with Gasteiger partial charge < -0.3 is 9.84 Å². The summed E-state index contributed by atoms with van der Waals surface area (Å²) in [6, 6.07) is 11.7. The van der Waals surface area contributed by atoms with Crippen molar-refractivity contribution in [1.82, 2.24) is 0 Å². The van der Waals surface area contributed by atoms with Crippen molar-refractivity contribution in [2.24, 2.45) is 0 Å². The van der Waals surface area contributed by atoms with E-state index in [9.17, 15) is 9.90 Å². The molecule has 0 spiro atoms. The number of hydrogen-bond donors (Lipinski definition) is 1. The molecule has 0 fully saturated rings. The van der Waals surface area contributed by atoms with E-state index in [2.05, 4.69) is 0 Å². The summed E-state index contributed by atoms with van der Waals surface area (Å²) in [6.07, 6.45) is 1.77. The molecule has 3 nitrogen and oxygen atoms in total. The Morgan fingerprint density at radius 2 is 1.90 bits per heavy atom.